The summed E-state index contributed by atoms with van der Waals surface area (Å²) < 4.78 is 7.90. The number of nitrogens with zero attached hydrogens (tertiary/aromatic N) is 3. The summed E-state index contributed by atoms with van der Waals surface area (Å²) in [5, 5.41) is 7.49. The third-order valence-corrected chi connectivity index (χ3v) is 4.47. The number of ether oxygens (including phenoxy) is 1. The van der Waals surface area contributed by atoms with E-state index < -0.39 is 0 Å². The smallest absolute Gasteiger partial charge is 0.257 e. The van der Waals surface area contributed by atoms with Gasteiger partial charge < -0.3 is 15.0 Å². The molecule has 2 aromatic rings. The highest BCUT2D eigenvalue weighted by Crippen LogP contribution is 2.32. The molecular weight excluding hydrogens is 280 g/mol. The summed E-state index contributed by atoms with van der Waals surface area (Å²) in [6, 6.07) is 5.83. The number of aryl methyl sites for hydroxylation is 1. The van der Waals surface area contributed by atoms with Gasteiger partial charge in [-0.15, -0.1) is 0 Å². The van der Waals surface area contributed by atoms with E-state index in [1.165, 1.54) is 0 Å². The quantitative estimate of drug-likeness (QED) is 0.849. The van der Waals surface area contributed by atoms with Crippen LogP contribution in [0.4, 0.5) is 0 Å². The van der Waals surface area contributed by atoms with E-state index >= 15 is 0 Å². The second-order valence-corrected chi connectivity index (χ2v) is 5.91. The number of carbonyl (C=O) groups is 1. The molecule has 1 amide bonds. The minimum absolute atomic E-state index is 0.000603. The SMILES string of the molecule is CN1C(=O)c2ccc(-c3cnn(C)c3)cc2OC2CNCC21. The molecule has 6 nitrogen and oxygen atoms in total. The van der Waals surface area contributed by atoms with Gasteiger partial charge in [-0.3, -0.25) is 9.48 Å². The van der Waals surface area contributed by atoms with Gasteiger partial charge >= 0.3 is 0 Å². The van der Waals surface area contributed by atoms with Gasteiger partial charge in [0.1, 0.15) is 11.9 Å². The van der Waals surface area contributed by atoms with Crippen LogP contribution in [-0.2, 0) is 7.05 Å². The molecule has 1 aromatic carbocycles. The van der Waals surface area contributed by atoms with Crippen molar-refractivity contribution in [1.82, 2.24) is 20.0 Å². The average molecular weight is 298 g/mol. The number of amides is 1. The summed E-state index contributed by atoms with van der Waals surface area (Å²) >= 11 is 0. The van der Waals surface area contributed by atoms with Crippen molar-refractivity contribution in [1.29, 1.82) is 0 Å². The monoisotopic (exact) mass is 298 g/mol. The molecule has 114 valence electrons. The number of hydrogen-bond donors (Lipinski definition) is 1. The van der Waals surface area contributed by atoms with Gasteiger partial charge in [-0.25, -0.2) is 0 Å². The van der Waals surface area contributed by atoms with Crippen LogP contribution < -0.4 is 10.1 Å². The molecule has 0 spiro atoms. The second kappa shape index (κ2) is 4.84. The standard InChI is InChI=1S/C16H18N4O2/c1-19-9-11(6-18-19)10-3-4-12-14(5-10)22-15-8-17-7-13(15)20(2)16(12)21/h3-6,9,13,15,17H,7-8H2,1-2H3. The molecule has 4 rings (SSSR count). The van der Waals surface area contributed by atoms with Crippen LogP contribution in [0.5, 0.6) is 5.75 Å². The van der Waals surface area contributed by atoms with Crippen molar-refractivity contribution in [2.24, 2.45) is 7.05 Å². The minimum atomic E-state index is -0.000603. The number of benzene rings is 1. The van der Waals surface area contributed by atoms with Crippen LogP contribution in [0.2, 0.25) is 0 Å². The zero-order valence-corrected chi connectivity index (χ0v) is 12.6. The molecule has 2 unspecified atom stereocenters. The van der Waals surface area contributed by atoms with Gasteiger partial charge in [0.15, 0.2) is 0 Å². The van der Waals surface area contributed by atoms with E-state index in [1.54, 1.807) is 9.58 Å². The maximum atomic E-state index is 12.6. The number of rotatable bonds is 1. The summed E-state index contributed by atoms with van der Waals surface area (Å²) in [6.07, 6.45) is 3.76. The van der Waals surface area contributed by atoms with E-state index in [0.717, 1.165) is 24.2 Å². The highest BCUT2D eigenvalue weighted by atomic mass is 16.5. The lowest BCUT2D eigenvalue weighted by Crippen LogP contribution is -2.44. The molecule has 2 atom stereocenters. The first-order valence-electron chi connectivity index (χ1n) is 7.41. The maximum Gasteiger partial charge on any atom is 0.257 e. The largest absolute Gasteiger partial charge is 0.486 e. The van der Waals surface area contributed by atoms with Gasteiger partial charge in [-0.1, -0.05) is 6.07 Å². The highest BCUT2D eigenvalue weighted by molar-refractivity contribution is 5.98. The number of aromatic nitrogens is 2. The third-order valence-electron chi connectivity index (χ3n) is 4.47. The van der Waals surface area contributed by atoms with Crippen molar-refractivity contribution < 1.29 is 9.53 Å². The molecule has 2 aliphatic rings. The van der Waals surface area contributed by atoms with Gasteiger partial charge in [-0.05, 0) is 17.7 Å². The molecule has 6 heteroatoms. The predicted molar refractivity (Wildman–Crippen MR) is 81.8 cm³/mol. The Hall–Kier alpha value is -2.34. The minimum Gasteiger partial charge on any atom is -0.486 e. The van der Waals surface area contributed by atoms with Crippen LogP contribution >= 0.6 is 0 Å². The first-order chi connectivity index (χ1) is 10.6. The van der Waals surface area contributed by atoms with Crippen LogP contribution in [0, 0.1) is 0 Å². The number of carbonyl (C=O) groups excluding carboxylic acids is 1. The van der Waals surface area contributed by atoms with Gasteiger partial charge in [0.2, 0.25) is 0 Å². The maximum absolute atomic E-state index is 12.6. The Morgan fingerprint density at radius 1 is 1.27 bits per heavy atom. The molecule has 1 saturated heterocycles. The Kier molecular flexibility index (Phi) is 2.94. The van der Waals surface area contributed by atoms with Gasteiger partial charge in [-0.2, -0.15) is 5.10 Å². The lowest BCUT2D eigenvalue weighted by molar-refractivity contribution is 0.0683. The summed E-state index contributed by atoms with van der Waals surface area (Å²) in [5.41, 5.74) is 2.65. The zero-order chi connectivity index (χ0) is 15.3. The Bertz CT molecular complexity index is 739. The van der Waals surface area contributed by atoms with Crippen LogP contribution in [0.25, 0.3) is 11.1 Å². The van der Waals surface area contributed by atoms with Gasteiger partial charge in [0, 0.05) is 38.9 Å². The lowest BCUT2D eigenvalue weighted by Gasteiger charge is -2.24. The number of likely N-dealkylation sites (N-methyl/N-ethyl adjacent to an activating group) is 1. The number of hydrogen-bond acceptors (Lipinski definition) is 4. The molecular formula is C16H18N4O2. The van der Waals surface area contributed by atoms with Crippen molar-refractivity contribution >= 4 is 5.91 Å². The fourth-order valence-electron chi connectivity index (χ4n) is 3.20. The Morgan fingerprint density at radius 2 is 2.14 bits per heavy atom. The highest BCUT2D eigenvalue weighted by Gasteiger charge is 2.38. The second-order valence-electron chi connectivity index (χ2n) is 5.91. The molecule has 0 radical (unpaired) electrons. The van der Waals surface area contributed by atoms with E-state index in [0.29, 0.717) is 11.3 Å². The Balaban J connectivity index is 1.78. The number of fused-ring (bicyclic) bond motifs is 2. The molecule has 0 bridgehead atoms. The van der Waals surface area contributed by atoms with E-state index in [9.17, 15) is 4.79 Å². The van der Waals surface area contributed by atoms with Crippen molar-refractivity contribution in [3.05, 3.63) is 36.2 Å². The first-order valence-corrected chi connectivity index (χ1v) is 7.41. The summed E-state index contributed by atoms with van der Waals surface area (Å²) in [7, 11) is 3.73. The summed E-state index contributed by atoms with van der Waals surface area (Å²) in [4.78, 5) is 14.4. The van der Waals surface area contributed by atoms with E-state index in [2.05, 4.69) is 10.4 Å². The van der Waals surface area contributed by atoms with E-state index in [-0.39, 0.29) is 18.1 Å². The molecule has 22 heavy (non-hydrogen) atoms. The van der Waals surface area contributed by atoms with Crippen molar-refractivity contribution in [2.75, 3.05) is 20.1 Å². The molecule has 1 N–H and O–H groups in total. The van der Waals surface area contributed by atoms with Crippen molar-refractivity contribution in [3.8, 4) is 16.9 Å². The molecule has 2 aliphatic heterocycles. The molecule has 0 saturated carbocycles. The topological polar surface area (TPSA) is 59.4 Å². The van der Waals surface area contributed by atoms with Crippen molar-refractivity contribution in [2.45, 2.75) is 12.1 Å². The fourth-order valence-corrected chi connectivity index (χ4v) is 3.20. The molecule has 0 aliphatic carbocycles. The Labute approximate surface area is 128 Å². The predicted octanol–water partition coefficient (Wildman–Crippen LogP) is 0.892. The molecule has 1 fully saturated rings. The zero-order valence-electron chi connectivity index (χ0n) is 12.6. The average Bonchev–Trinajstić information content (AvgIpc) is 3.13. The Morgan fingerprint density at radius 3 is 2.91 bits per heavy atom. The fraction of sp³-hybridized carbons (Fsp3) is 0.375. The molecule has 3 heterocycles. The van der Waals surface area contributed by atoms with Gasteiger partial charge in [0.05, 0.1) is 17.8 Å². The lowest BCUT2D eigenvalue weighted by atomic mass is 10.1. The van der Waals surface area contributed by atoms with Crippen LogP contribution in [-0.4, -0.2) is 52.9 Å². The van der Waals surface area contributed by atoms with Crippen molar-refractivity contribution in [3.63, 3.8) is 0 Å². The van der Waals surface area contributed by atoms with Gasteiger partial charge in [0.25, 0.3) is 5.91 Å². The normalized spacial score (nSPS) is 23.7. The number of nitrogens with one attached hydrogen (secondary N) is 1. The molecule has 1 aromatic heterocycles. The van der Waals surface area contributed by atoms with Crippen LogP contribution in [0.15, 0.2) is 30.6 Å². The first kappa shape index (κ1) is 13.3. The van der Waals surface area contributed by atoms with E-state index in [4.69, 9.17) is 4.74 Å². The summed E-state index contributed by atoms with van der Waals surface area (Å²) in [6.45, 7) is 1.54. The third kappa shape index (κ3) is 1.99. The van der Waals surface area contributed by atoms with E-state index in [1.807, 2.05) is 44.7 Å². The van der Waals surface area contributed by atoms with Crippen LogP contribution in [0.1, 0.15) is 10.4 Å². The van der Waals surface area contributed by atoms with Crippen LogP contribution in [0.3, 0.4) is 0 Å². The summed E-state index contributed by atoms with van der Waals surface area (Å²) in [5.74, 6) is 0.679.